The molecule has 0 saturated heterocycles. The predicted molar refractivity (Wildman–Crippen MR) is 65.5 cm³/mol. The van der Waals surface area contributed by atoms with Gasteiger partial charge in [0.2, 0.25) is 0 Å². The van der Waals surface area contributed by atoms with Crippen molar-refractivity contribution in [3.8, 4) is 0 Å². The summed E-state index contributed by atoms with van der Waals surface area (Å²) in [5, 5.41) is 4.71. The molecule has 0 aliphatic heterocycles. The van der Waals surface area contributed by atoms with Crippen molar-refractivity contribution in [2.45, 2.75) is 51.1 Å². The molecule has 1 saturated carbocycles. The first-order valence-electron chi connectivity index (χ1n) is 5.53. The second kappa shape index (κ2) is 4.81. The van der Waals surface area contributed by atoms with Crippen LogP contribution in [0.25, 0.3) is 0 Å². The standard InChI is InChI=1S/C11H17ClN2S/c1-11(5-3-2-4-6-11)14-8-10-13-7-9(12)15-10/h7,14H,2-6,8H2,1H3. The van der Waals surface area contributed by atoms with Crippen LogP contribution in [0.4, 0.5) is 0 Å². The number of hydrogen-bond acceptors (Lipinski definition) is 3. The molecule has 0 spiro atoms. The average molecular weight is 245 g/mol. The molecular formula is C11H17ClN2S. The smallest absolute Gasteiger partial charge is 0.113 e. The van der Waals surface area contributed by atoms with Crippen molar-refractivity contribution in [3.63, 3.8) is 0 Å². The maximum Gasteiger partial charge on any atom is 0.113 e. The number of rotatable bonds is 3. The Hall–Kier alpha value is -0.120. The summed E-state index contributed by atoms with van der Waals surface area (Å²) in [7, 11) is 0. The van der Waals surface area contributed by atoms with Crippen LogP contribution in [-0.2, 0) is 6.54 Å². The molecule has 0 atom stereocenters. The SMILES string of the molecule is CC1(NCc2ncc(Cl)s2)CCCCC1. The van der Waals surface area contributed by atoms with Gasteiger partial charge in [-0.1, -0.05) is 30.9 Å². The van der Waals surface area contributed by atoms with E-state index in [-0.39, 0.29) is 0 Å². The van der Waals surface area contributed by atoms with Crippen LogP contribution in [0.3, 0.4) is 0 Å². The topological polar surface area (TPSA) is 24.9 Å². The van der Waals surface area contributed by atoms with E-state index in [9.17, 15) is 0 Å². The molecule has 1 aliphatic rings. The molecule has 1 heterocycles. The minimum atomic E-state index is 0.316. The fourth-order valence-electron chi connectivity index (χ4n) is 2.17. The zero-order valence-electron chi connectivity index (χ0n) is 9.05. The maximum atomic E-state index is 5.84. The molecule has 4 heteroatoms. The second-order valence-electron chi connectivity index (χ2n) is 4.53. The molecule has 0 aromatic carbocycles. The average Bonchev–Trinajstić information content (AvgIpc) is 2.63. The summed E-state index contributed by atoms with van der Waals surface area (Å²) in [6.07, 6.45) is 8.38. The summed E-state index contributed by atoms with van der Waals surface area (Å²) in [4.78, 5) is 4.26. The highest BCUT2D eigenvalue weighted by Crippen LogP contribution is 2.28. The van der Waals surface area contributed by atoms with Crippen molar-refractivity contribution in [2.75, 3.05) is 0 Å². The minimum absolute atomic E-state index is 0.316. The van der Waals surface area contributed by atoms with Crippen molar-refractivity contribution in [1.29, 1.82) is 0 Å². The number of nitrogens with zero attached hydrogens (tertiary/aromatic N) is 1. The van der Waals surface area contributed by atoms with E-state index < -0.39 is 0 Å². The maximum absolute atomic E-state index is 5.84. The molecule has 0 bridgehead atoms. The van der Waals surface area contributed by atoms with Crippen LogP contribution in [0.2, 0.25) is 4.34 Å². The molecule has 1 aromatic heterocycles. The largest absolute Gasteiger partial charge is 0.305 e. The lowest BCUT2D eigenvalue weighted by Crippen LogP contribution is -2.43. The van der Waals surface area contributed by atoms with Crippen LogP contribution in [-0.4, -0.2) is 10.5 Å². The number of halogens is 1. The lowest BCUT2D eigenvalue weighted by molar-refractivity contribution is 0.252. The molecule has 2 nitrogen and oxygen atoms in total. The lowest BCUT2D eigenvalue weighted by Gasteiger charge is -2.34. The Morgan fingerprint density at radius 3 is 2.80 bits per heavy atom. The third-order valence-corrected chi connectivity index (χ3v) is 4.26. The molecule has 15 heavy (non-hydrogen) atoms. The van der Waals surface area contributed by atoms with Gasteiger partial charge in [0, 0.05) is 12.1 Å². The van der Waals surface area contributed by atoms with Crippen LogP contribution in [0, 0.1) is 0 Å². The first-order chi connectivity index (χ1) is 7.18. The van der Waals surface area contributed by atoms with Gasteiger partial charge in [-0.2, -0.15) is 0 Å². The van der Waals surface area contributed by atoms with Crippen molar-refractivity contribution in [3.05, 3.63) is 15.5 Å². The Balaban J connectivity index is 1.86. The van der Waals surface area contributed by atoms with Crippen molar-refractivity contribution in [1.82, 2.24) is 10.3 Å². The summed E-state index contributed by atoms with van der Waals surface area (Å²) < 4.78 is 0.778. The predicted octanol–water partition coefficient (Wildman–Crippen LogP) is 3.61. The van der Waals surface area contributed by atoms with Crippen LogP contribution < -0.4 is 5.32 Å². The van der Waals surface area contributed by atoms with Gasteiger partial charge in [0.25, 0.3) is 0 Å². The van der Waals surface area contributed by atoms with Crippen molar-refractivity contribution in [2.24, 2.45) is 0 Å². The summed E-state index contributed by atoms with van der Waals surface area (Å²) in [6, 6.07) is 0. The van der Waals surface area contributed by atoms with Gasteiger partial charge in [-0.15, -0.1) is 11.3 Å². The van der Waals surface area contributed by atoms with Gasteiger partial charge in [-0.3, -0.25) is 0 Å². The molecule has 1 fully saturated rings. The van der Waals surface area contributed by atoms with Gasteiger partial charge in [0.15, 0.2) is 0 Å². The lowest BCUT2D eigenvalue weighted by atomic mass is 9.83. The number of thiazole rings is 1. The molecular weight excluding hydrogens is 228 g/mol. The third kappa shape index (κ3) is 3.16. The Morgan fingerprint density at radius 2 is 2.20 bits per heavy atom. The van der Waals surface area contributed by atoms with Gasteiger partial charge in [-0.05, 0) is 19.8 Å². The second-order valence-corrected chi connectivity index (χ2v) is 6.28. The molecule has 0 amide bonds. The minimum Gasteiger partial charge on any atom is -0.305 e. The Kier molecular flexibility index (Phi) is 3.65. The zero-order valence-corrected chi connectivity index (χ0v) is 10.6. The number of nitrogens with one attached hydrogen (secondary N) is 1. The molecule has 2 rings (SSSR count). The van der Waals surface area contributed by atoms with Crippen LogP contribution in [0.1, 0.15) is 44.0 Å². The molecule has 0 unspecified atom stereocenters. The first kappa shape index (κ1) is 11.4. The molecule has 1 aromatic rings. The van der Waals surface area contributed by atoms with E-state index in [0.717, 1.165) is 15.9 Å². The van der Waals surface area contributed by atoms with Crippen molar-refractivity contribution >= 4 is 22.9 Å². The van der Waals surface area contributed by atoms with Crippen molar-refractivity contribution < 1.29 is 0 Å². The normalized spacial score (nSPS) is 20.4. The Morgan fingerprint density at radius 1 is 1.47 bits per heavy atom. The monoisotopic (exact) mass is 244 g/mol. The fraction of sp³-hybridized carbons (Fsp3) is 0.727. The van der Waals surface area contributed by atoms with Gasteiger partial charge in [0.1, 0.15) is 9.34 Å². The van der Waals surface area contributed by atoms with Gasteiger partial charge in [-0.25, -0.2) is 4.98 Å². The number of aromatic nitrogens is 1. The van der Waals surface area contributed by atoms with Gasteiger partial charge >= 0.3 is 0 Å². The number of hydrogen-bond donors (Lipinski definition) is 1. The highest BCUT2D eigenvalue weighted by molar-refractivity contribution is 7.15. The molecule has 0 radical (unpaired) electrons. The van der Waals surface area contributed by atoms with E-state index in [2.05, 4.69) is 17.2 Å². The summed E-state index contributed by atoms with van der Waals surface area (Å²) >= 11 is 7.41. The van der Waals surface area contributed by atoms with Gasteiger partial charge < -0.3 is 5.32 Å². The highest BCUT2D eigenvalue weighted by atomic mass is 35.5. The quantitative estimate of drug-likeness (QED) is 0.879. The summed E-state index contributed by atoms with van der Waals surface area (Å²) in [5.74, 6) is 0. The van der Waals surface area contributed by atoms with Crippen LogP contribution >= 0.6 is 22.9 Å². The van der Waals surface area contributed by atoms with E-state index in [4.69, 9.17) is 11.6 Å². The first-order valence-corrected chi connectivity index (χ1v) is 6.73. The molecule has 84 valence electrons. The van der Waals surface area contributed by atoms with E-state index in [0.29, 0.717) is 5.54 Å². The van der Waals surface area contributed by atoms with E-state index in [1.54, 1.807) is 17.5 Å². The third-order valence-electron chi connectivity index (χ3n) is 3.15. The summed E-state index contributed by atoms with van der Waals surface area (Å²) in [6.45, 7) is 3.18. The Labute approximate surface area is 100 Å². The van der Waals surface area contributed by atoms with Crippen LogP contribution in [0.15, 0.2) is 6.20 Å². The van der Waals surface area contributed by atoms with E-state index in [1.165, 1.54) is 32.1 Å². The fourth-order valence-corrected chi connectivity index (χ4v) is 3.06. The zero-order chi connectivity index (χ0) is 10.7. The van der Waals surface area contributed by atoms with Gasteiger partial charge in [0.05, 0.1) is 6.20 Å². The highest BCUT2D eigenvalue weighted by Gasteiger charge is 2.25. The van der Waals surface area contributed by atoms with E-state index in [1.807, 2.05) is 0 Å². The summed E-state index contributed by atoms with van der Waals surface area (Å²) in [5.41, 5.74) is 0.316. The van der Waals surface area contributed by atoms with Crippen LogP contribution in [0.5, 0.6) is 0 Å². The molecule has 1 aliphatic carbocycles. The van der Waals surface area contributed by atoms with E-state index >= 15 is 0 Å². The Bertz CT molecular complexity index is 318. The molecule has 1 N–H and O–H groups in total.